The van der Waals surface area contributed by atoms with E-state index in [4.69, 9.17) is 9.47 Å². The molecule has 0 saturated carbocycles. The number of carbonyl (C=O) groups is 1. The van der Waals surface area contributed by atoms with Crippen LogP contribution in [0.25, 0.3) is 0 Å². The Labute approximate surface area is 175 Å². The molecule has 0 unspecified atom stereocenters. The molecule has 0 aliphatic carbocycles. The zero-order chi connectivity index (χ0) is 21.4. The molecular weight excluding hydrogens is 368 g/mol. The van der Waals surface area contributed by atoms with Gasteiger partial charge in [0.1, 0.15) is 11.4 Å². The zero-order valence-corrected chi connectivity index (χ0v) is 18.7. The highest BCUT2D eigenvalue weighted by Crippen LogP contribution is 2.19. The third kappa shape index (κ3) is 7.48. The summed E-state index contributed by atoms with van der Waals surface area (Å²) in [6.45, 7) is 8.78. The van der Waals surface area contributed by atoms with Crippen molar-refractivity contribution in [2.75, 3.05) is 40.8 Å². The fourth-order valence-electron chi connectivity index (χ4n) is 3.35. The highest BCUT2D eigenvalue weighted by molar-refractivity contribution is 5.79. The van der Waals surface area contributed by atoms with E-state index in [-0.39, 0.29) is 6.09 Å². The van der Waals surface area contributed by atoms with Gasteiger partial charge in [-0.15, -0.1) is 0 Å². The summed E-state index contributed by atoms with van der Waals surface area (Å²) in [6.07, 6.45) is 1.72. The molecule has 0 radical (unpaired) electrons. The van der Waals surface area contributed by atoms with Crippen molar-refractivity contribution >= 4 is 12.1 Å². The predicted octanol–water partition coefficient (Wildman–Crippen LogP) is 3.35. The maximum absolute atomic E-state index is 12.2. The third-order valence-corrected chi connectivity index (χ3v) is 4.97. The number of ether oxygens (including phenoxy) is 2. The van der Waals surface area contributed by atoms with Crippen LogP contribution in [0, 0.1) is 5.92 Å². The van der Waals surface area contributed by atoms with Crippen LogP contribution in [0.3, 0.4) is 0 Å². The number of guanidine groups is 1. The molecule has 1 saturated heterocycles. The number of methoxy groups -OCH3 is 1. The molecule has 7 heteroatoms. The Morgan fingerprint density at radius 3 is 2.38 bits per heavy atom. The van der Waals surface area contributed by atoms with Gasteiger partial charge in [0.05, 0.1) is 7.11 Å². The van der Waals surface area contributed by atoms with Crippen LogP contribution in [0.15, 0.2) is 29.3 Å². The predicted molar refractivity (Wildman–Crippen MR) is 116 cm³/mol. The monoisotopic (exact) mass is 404 g/mol. The maximum atomic E-state index is 12.2. The van der Waals surface area contributed by atoms with Crippen LogP contribution < -0.4 is 10.1 Å². The summed E-state index contributed by atoms with van der Waals surface area (Å²) in [7, 11) is 5.51. The minimum absolute atomic E-state index is 0.209. The number of nitrogens with one attached hydrogen (secondary N) is 1. The Kier molecular flexibility index (Phi) is 8.17. The standard InChI is InChI=1S/C22H36N4O3/c1-22(2,3)29-21(27)26-13-11-17(12-14-26)15-24-20(23-4)25(5)16-18-7-9-19(28-6)10-8-18/h7-10,17H,11-16H2,1-6H3,(H,23,24). The van der Waals surface area contributed by atoms with Gasteiger partial charge >= 0.3 is 6.09 Å². The molecule has 1 aromatic carbocycles. The molecule has 29 heavy (non-hydrogen) atoms. The second kappa shape index (κ2) is 10.4. The normalized spacial score (nSPS) is 15.8. The molecule has 1 heterocycles. The number of aliphatic imine (C=N–C) groups is 1. The lowest BCUT2D eigenvalue weighted by Crippen LogP contribution is -2.45. The number of hydrogen-bond acceptors (Lipinski definition) is 4. The number of rotatable bonds is 5. The van der Waals surface area contributed by atoms with Crippen LogP contribution in [0.1, 0.15) is 39.2 Å². The molecule has 0 atom stereocenters. The molecular formula is C22H36N4O3. The minimum atomic E-state index is -0.448. The van der Waals surface area contributed by atoms with E-state index in [9.17, 15) is 4.79 Å². The van der Waals surface area contributed by atoms with Crippen molar-refractivity contribution < 1.29 is 14.3 Å². The molecule has 1 aliphatic heterocycles. The number of benzene rings is 1. The summed E-state index contributed by atoms with van der Waals surface area (Å²) in [6, 6.07) is 8.07. The Bertz CT molecular complexity index is 674. The van der Waals surface area contributed by atoms with E-state index >= 15 is 0 Å². The molecule has 0 bridgehead atoms. The average Bonchev–Trinajstić information content (AvgIpc) is 2.68. The van der Waals surface area contributed by atoms with Crippen molar-refractivity contribution in [3.63, 3.8) is 0 Å². The number of hydrogen-bond donors (Lipinski definition) is 1. The van der Waals surface area contributed by atoms with Gasteiger partial charge in [-0.25, -0.2) is 4.79 Å². The summed E-state index contributed by atoms with van der Waals surface area (Å²) < 4.78 is 10.7. The van der Waals surface area contributed by atoms with Crippen molar-refractivity contribution in [2.45, 2.75) is 45.8 Å². The van der Waals surface area contributed by atoms with E-state index in [0.29, 0.717) is 5.92 Å². The van der Waals surface area contributed by atoms with E-state index in [2.05, 4.69) is 27.3 Å². The van der Waals surface area contributed by atoms with Crippen molar-refractivity contribution in [1.29, 1.82) is 0 Å². The Morgan fingerprint density at radius 1 is 1.24 bits per heavy atom. The Morgan fingerprint density at radius 2 is 1.86 bits per heavy atom. The molecule has 1 aliphatic rings. The fraction of sp³-hybridized carbons (Fsp3) is 0.636. The molecule has 0 spiro atoms. The number of carbonyl (C=O) groups excluding carboxylic acids is 1. The fourth-order valence-corrected chi connectivity index (χ4v) is 3.35. The van der Waals surface area contributed by atoms with Crippen molar-refractivity contribution in [1.82, 2.24) is 15.1 Å². The van der Waals surface area contributed by atoms with Gasteiger partial charge < -0.3 is 24.6 Å². The lowest BCUT2D eigenvalue weighted by molar-refractivity contribution is 0.0185. The van der Waals surface area contributed by atoms with Crippen molar-refractivity contribution in [2.24, 2.45) is 10.9 Å². The molecule has 1 fully saturated rings. The summed E-state index contributed by atoms with van der Waals surface area (Å²) in [5, 5.41) is 3.48. The Hall–Kier alpha value is -2.44. The van der Waals surface area contributed by atoms with Gasteiger partial charge in [-0.3, -0.25) is 4.99 Å². The van der Waals surface area contributed by atoms with Gasteiger partial charge in [0, 0.05) is 40.3 Å². The van der Waals surface area contributed by atoms with Crippen molar-refractivity contribution in [3.8, 4) is 5.75 Å². The molecule has 7 nitrogen and oxygen atoms in total. The number of piperidine rings is 1. The summed E-state index contributed by atoms with van der Waals surface area (Å²) in [5.41, 5.74) is 0.748. The second-order valence-corrected chi connectivity index (χ2v) is 8.54. The van der Waals surface area contributed by atoms with Crippen LogP contribution in [-0.4, -0.2) is 68.3 Å². The molecule has 1 amide bonds. The van der Waals surface area contributed by atoms with Gasteiger partial charge in [0.2, 0.25) is 0 Å². The van der Waals surface area contributed by atoms with Crippen LogP contribution >= 0.6 is 0 Å². The smallest absolute Gasteiger partial charge is 0.410 e. The van der Waals surface area contributed by atoms with Gasteiger partial charge in [0.25, 0.3) is 0 Å². The lowest BCUT2D eigenvalue weighted by atomic mass is 9.97. The number of amides is 1. The topological polar surface area (TPSA) is 66.4 Å². The summed E-state index contributed by atoms with van der Waals surface area (Å²) in [5.74, 6) is 2.24. The largest absolute Gasteiger partial charge is 0.497 e. The van der Waals surface area contributed by atoms with E-state index in [0.717, 1.165) is 50.7 Å². The molecule has 0 aromatic heterocycles. The van der Waals surface area contributed by atoms with E-state index < -0.39 is 5.60 Å². The van der Waals surface area contributed by atoms with E-state index in [1.54, 1.807) is 14.2 Å². The zero-order valence-electron chi connectivity index (χ0n) is 18.7. The van der Waals surface area contributed by atoms with Crippen LogP contribution in [0.2, 0.25) is 0 Å². The first-order valence-corrected chi connectivity index (χ1v) is 10.2. The van der Waals surface area contributed by atoms with E-state index in [1.807, 2.05) is 44.9 Å². The highest BCUT2D eigenvalue weighted by Gasteiger charge is 2.27. The number of nitrogens with zero attached hydrogens (tertiary/aromatic N) is 3. The number of likely N-dealkylation sites (tertiary alicyclic amines) is 1. The molecule has 1 aromatic rings. The summed E-state index contributed by atoms with van der Waals surface area (Å²) in [4.78, 5) is 20.5. The molecule has 2 rings (SSSR count). The Balaban J connectivity index is 1.77. The highest BCUT2D eigenvalue weighted by atomic mass is 16.6. The maximum Gasteiger partial charge on any atom is 0.410 e. The second-order valence-electron chi connectivity index (χ2n) is 8.54. The van der Waals surface area contributed by atoms with Crippen LogP contribution in [-0.2, 0) is 11.3 Å². The van der Waals surface area contributed by atoms with Gasteiger partial charge in [-0.2, -0.15) is 0 Å². The minimum Gasteiger partial charge on any atom is -0.497 e. The summed E-state index contributed by atoms with van der Waals surface area (Å²) >= 11 is 0. The lowest BCUT2D eigenvalue weighted by Gasteiger charge is -2.34. The first-order chi connectivity index (χ1) is 13.7. The van der Waals surface area contributed by atoms with Crippen molar-refractivity contribution in [3.05, 3.63) is 29.8 Å². The quantitative estimate of drug-likeness (QED) is 0.602. The van der Waals surface area contributed by atoms with E-state index in [1.165, 1.54) is 5.56 Å². The third-order valence-electron chi connectivity index (χ3n) is 4.97. The van der Waals surface area contributed by atoms with Gasteiger partial charge in [-0.1, -0.05) is 12.1 Å². The SMILES string of the molecule is CN=C(NCC1CCN(C(=O)OC(C)(C)C)CC1)N(C)Cc1ccc(OC)cc1. The molecule has 1 N–H and O–H groups in total. The average molecular weight is 405 g/mol. The van der Waals surface area contributed by atoms with Gasteiger partial charge in [-0.05, 0) is 57.2 Å². The first-order valence-electron chi connectivity index (χ1n) is 10.2. The van der Waals surface area contributed by atoms with Crippen LogP contribution in [0.4, 0.5) is 4.79 Å². The molecule has 162 valence electrons. The van der Waals surface area contributed by atoms with Crippen LogP contribution in [0.5, 0.6) is 5.75 Å². The first kappa shape index (κ1) is 22.8. The van der Waals surface area contributed by atoms with Gasteiger partial charge in [0.15, 0.2) is 5.96 Å².